The Hall–Kier alpha value is -1.19. The number of hydrogen-bond acceptors (Lipinski definition) is 3. The first-order valence-electron chi connectivity index (χ1n) is 4.41. The molecule has 3 nitrogen and oxygen atoms in total. The van der Waals surface area contributed by atoms with Gasteiger partial charge in [-0.15, -0.1) is 12.4 Å². The monoisotopic (exact) mass is 229 g/mol. The highest BCUT2D eigenvalue weighted by Crippen LogP contribution is 2.31. The maximum atomic E-state index is 5.38. The van der Waals surface area contributed by atoms with Gasteiger partial charge in [0.15, 0.2) is 11.5 Å². The molecule has 4 heteroatoms. The van der Waals surface area contributed by atoms with Gasteiger partial charge in [0.1, 0.15) is 0 Å². The van der Waals surface area contributed by atoms with E-state index in [2.05, 4.69) is 0 Å². The molecule has 0 aliphatic rings. The molecule has 1 aromatic carbocycles. The van der Waals surface area contributed by atoms with Crippen LogP contribution in [0.5, 0.6) is 11.5 Å². The van der Waals surface area contributed by atoms with Crippen LogP contribution in [0.4, 0.5) is 0 Å². The van der Waals surface area contributed by atoms with Crippen LogP contribution in [0.3, 0.4) is 0 Å². The molecule has 0 unspecified atom stereocenters. The third kappa shape index (κ3) is 3.46. The molecule has 0 saturated heterocycles. The zero-order chi connectivity index (χ0) is 10.4. The predicted molar refractivity (Wildman–Crippen MR) is 64.9 cm³/mol. The van der Waals surface area contributed by atoms with E-state index in [0.29, 0.717) is 6.54 Å². The summed E-state index contributed by atoms with van der Waals surface area (Å²) < 4.78 is 10.4. The van der Waals surface area contributed by atoms with Gasteiger partial charge in [-0.25, -0.2) is 0 Å². The van der Waals surface area contributed by atoms with Crippen molar-refractivity contribution in [3.8, 4) is 11.5 Å². The van der Waals surface area contributed by atoms with Crippen molar-refractivity contribution >= 4 is 18.5 Å². The van der Waals surface area contributed by atoms with Crippen molar-refractivity contribution in [2.45, 2.75) is 0 Å². The van der Waals surface area contributed by atoms with Crippen LogP contribution in [0.25, 0.3) is 6.08 Å². The van der Waals surface area contributed by atoms with Gasteiger partial charge in [-0.05, 0) is 6.07 Å². The standard InChI is InChI=1S/C11H15NO2.ClH/c1-13-10-7-3-5-9(6-4-8-12)11(10)14-2;/h3-7H,8,12H2,1-2H3;1H/b6-4+;. The predicted octanol–water partition coefficient (Wildman–Crippen LogP) is 2.10. The molecule has 2 N–H and O–H groups in total. The second-order valence-corrected chi connectivity index (χ2v) is 2.72. The van der Waals surface area contributed by atoms with Crippen LogP contribution >= 0.6 is 12.4 Å². The van der Waals surface area contributed by atoms with Gasteiger partial charge in [-0.3, -0.25) is 0 Å². The van der Waals surface area contributed by atoms with E-state index in [9.17, 15) is 0 Å². The maximum absolute atomic E-state index is 5.38. The van der Waals surface area contributed by atoms with Crippen molar-refractivity contribution in [3.63, 3.8) is 0 Å². The molecule has 0 aliphatic carbocycles. The van der Waals surface area contributed by atoms with Crippen LogP contribution in [0.1, 0.15) is 5.56 Å². The Labute approximate surface area is 96.3 Å². The lowest BCUT2D eigenvalue weighted by atomic mass is 10.1. The number of halogens is 1. The molecule has 0 aliphatic heterocycles. The third-order valence-corrected chi connectivity index (χ3v) is 1.87. The summed E-state index contributed by atoms with van der Waals surface area (Å²) in [5.41, 5.74) is 6.35. The lowest BCUT2D eigenvalue weighted by Gasteiger charge is -2.09. The minimum absolute atomic E-state index is 0. The molecule has 84 valence electrons. The first-order chi connectivity index (χ1) is 6.83. The molecule has 0 amide bonds. The quantitative estimate of drug-likeness (QED) is 0.860. The van der Waals surface area contributed by atoms with Gasteiger partial charge < -0.3 is 15.2 Å². The summed E-state index contributed by atoms with van der Waals surface area (Å²) in [6, 6.07) is 5.73. The second-order valence-electron chi connectivity index (χ2n) is 2.72. The molecule has 0 fully saturated rings. The zero-order valence-electron chi connectivity index (χ0n) is 8.90. The van der Waals surface area contributed by atoms with Gasteiger partial charge in [0.2, 0.25) is 0 Å². The first kappa shape index (κ1) is 13.8. The van der Waals surface area contributed by atoms with E-state index in [4.69, 9.17) is 15.2 Å². The molecule has 0 heterocycles. The Morgan fingerprint density at radius 2 is 2.00 bits per heavy atom. The van der Waals surface area contributed by atoms with Crippen molar-refractivity contribution in [2.24, 2.45) is 5.73 Å². The van der Waals surface area contributed by atoms with Gasteiger partial charge in [0, 0.05) is 12.1 Å². The van der Waals surface area contributed by atoms with Gasteiger partial charge in [0.25, 0.3) is 0 Å². The van der Waals surface area contributed by atoms with E-state index < -0.39 is 0 Å². The summed E-state index contributed by atoms with van der Waals surface area (Å²) in [6.45, 7) is 0.514. The van der Waals surface area contributed by atoms with Gasteiger partial charge in [0.05, 0.1) is 14.2 Å². The lowest BCUT2D eigenvalue weighted by molar-refractivity contribution is 0.354. The largest absolute Gasteiger partial charge is 0.493 e. The second kappa shape index (κ2) is 7.15. The fourth-order valence-electron chi connectivity index (χ4n) is 1.24. The molecule has 0 bridgehead atoms. The smallest absolute Gasteiger partial charge is 0.167 e. The van der Waals surface area contributed by atoms with E-state index in [1.165, 1.54) is 0 Å². The number of hydrogen-bond donors (Lipinski definition) is 1. The first-order valence-corrected chi connectivity index (χ1v) is 4.41. The third-order valence-electron chi connectivity index (χ3n) is 1.87. The fourth-order valence-corrected chi connectivity index (χ4v) is 1.24. The lowest BCUT2D eigenvalue weighted by Crippen LogP contribution is -1.94. The van der Waals surface area contributed by atoms with Crippen LogP contribution in [0.2, 0.25) is 0 Å². The van der Waals surface area contributed by atoms with E-state index in [1.54, 1.807) is 14.2 Å². The Balaban J connectivity index is 0.00000196. The summed E-state index contributed by atoms with van der Waals surface area (Å²) in [4.78, 5) is 0. The van der Waals surface area contributed by atoms with Gasteiger partial charge >= 0.3 is 0 Å². The number of para-hydroxylation sites is 1. The molecular weight excluding hydrogens is 214 g/mol. The van der Waals surface area contributed by atoms with Crippen LogP contribution < -0.4 is 15.2 Å². The normalized spacial score (nSPS) is 9.80. The average molecular weight is 230 g/mol. The summed E-state index contributed by atoms with van der Waals surface area (Å²) in [7, 11) is 3.24. The molecule has 15 heavy (non-hydrogen) atoms. The minimum atomic E-state index is 0. The maximum Gasteiger partial charge on any atom is 0.167 e. The van der Waals surface area contributed by atoms with Crippen LogP contribution in [0, 0.1) is 0 Å². The molecule has 0 spiro atoms. The van der Waals surface area contributed by atoms with E-state index in [0.717, 1.165) is 17.1 Å². The Morgan fingerprint density at radius 3 is 2.53 bits per heavy atom. The Kier molecular flexibility index (Phi) is 6.58. The number of rotatable bonds is 4. The molecule has 0 saturated carbocycles. The molecule has 0 atom stereocenters. The number of benzene rings is 1. The minimum Gasteiger partial charge on any atom is -0.493 e. The van der Waals surface area contributed by atoms with Crippen LogP contribution in [-0.4, -0.2) is 20.8 Å². The van der Waals surface area contributed by atoms with Crippen LogP contribution in [-0.2, 0) is 0 Å². The zero-order valence-corrected chi connectivity index (χ0v) is 9.71. The summed E-state index contributed by atoms with van der Waals surface area (Å²) in [5, 5.41) is 0. The highest BCUT2D eigenvalue weighted by Gasteiger charge is 2.05. The number of ether oxygens (including phenoxy) is 2. The highest BCUT2D eigenvalue weighted by atomic mass is 35.5. The SMILES string of the molecule is COc1cccc(/C=C/CN)c1OC.Cl. The fraction of sp³-hybridized carbons (Fsp3) is 0.273. The number of nitrogens with two attached hydrogens (primary N) is 1. The van der Waals surface area contributed by atoms with Gasteiger partial charge in [-0.1, -0.05) is 24.3 Å². The van der Waals surface area contributed by atoms with Crippen LogP contribution in [0.15, 0.2) is 24.3 Å². The Bertz CT molecular complexity index is 326. The van der Waals surface area contributed by atoms with Crippen molar-refractivity contribution in [2.75, 3.05) is 20.8 Å². The van der Waals surface area contributed by atoms with Crippen molar-refractivity contribution in [1.29, 1.82) is 0 Å². The molecule has 0 radical (unpaired) electrons. The van der Waals surface area contributed by atoms with E-state index in [1.807, 2.05) is 30.4 Å². The van der Waals surface area contributed by atoms with Gasteiger partial charge in [-0.2, -0.15) is 0 Å². The van der Waals surface area contributed by atoms with Crippen molar-refractivity contribution < 1.29 is 9.47 Å². The topological polar surface area (TPSA) is 44.5 Å². The van der Waals surface area contributed by atoms with E-state index in [-0.39, 0.29) is 12.4 Å². The average Bonchev–Trinajstić information content (AvgIpc) is 2.25. The number of methoxy groups -OCH3 is 2. The summed E-state index contributed by atoms with van der Waals surface area (Å²) >= 11 is 0. The van der Waals surface area contributed by atoms with Crippen molar-refractivity contribution in [3.05, 3.63) is 29.8 Å². The highest BCUT2D eigenvalue weighted by molar-refractivity contribution is 5.85. The summed E-state index contributed by atoms with van der Waals surface area (Å²) in [6.07, 6.45) is 3.79. The molecule has 0 aromatic heterocycles. The Morgan fingerprint density at radius 1 is 1.27 bits per heavy atom. The molecular formula is C11H16ClNO2. The van der Waals surface area contributed by atoms with Crippen molar-refractivity contribution in [1.82, 2.24) is 0 Å². The summed E-state index contributed by atoms with van der Waals surface area (Å²) in [5.74, 6) is 1.46. The molecule has 1 aromatic rings. The van der Waals surface area contributed by atoms with E-state index >= 15 is 0 Å². The molecule has 1 rings (SSSR count).